The van der Waals surface area contributed by atoms with Gasteiger partial charge >= 0.3 is 0 Å². The molecule has 0 N–H and O–H groups in total. The molecule has 2 rings (SSSR count). The van der Waals surface area contributed by atoms with E-state index in [-0.39, 0.29) is 5.41 Å². The van der Waals surface area contributed by atoms with Gasteiger partial charge < -0.3 is 19.1 Å². The highest BCUT2D eigenvalue weighted by molar-refractivity contribution is 5.60. The molecule has 0 aliphatic carbocycles. The third kappa shape index (κ3) is 10.9. The van der Waals surface area contributed by atoms with Crippen molar-refractivity contribution in [1.82, 2.24) is 0 Å². The van der Waals surface area contributed by atoms with Gasteiger partial charge in [-0.1, -0.05) is 77.1 Å². The molecular weight excluding hydrogens is 410 g/mol. The summed E-state index contributed by atoms with van der Waals surface area (Å²) in [6, 6.07) is 19.6. The van der Waals surface area contributed by atoms with E-state index in [0.717, 1.165) is 56.4 Å². The SMILES string of the molecule is CC(=O)[O-].CC[N+](CC)(CCOc1ccc(C(C)(C)CC(C)(C)C)cc1)Cc1ccccc1. The molecule has 2 aromatic rings. The van der Waals surface area contributed by atoms with E-state index >= 15 is 0 Å². The summed E-state index contributed by atoms with van der Waals surface area (Å²) < 4.78 is 7.21. The van der Waals surface area contributed by atoms with E-state index in [0.29, 0.717) is 5.41 Å². The third-order valence-electron chi connectivity index (χ3n) is 6.14. The number of likely N-dealkylation sites (N-methyl/N-ethyl adjacent to an activating group) is 1. The molecule has 0 bridgehead atoms. The fraction of sp³-hybridized carbons (Fsp3) is 0.552. The van der Waals surface area contributed by atoms with Crippen LogP contribution in [0.25, 0.3) is 0 Å². The first-order valence-electron chi connectivity index (χ1n) is 12.1. The lowest BCUT2D eigenvalue weighted by Gasteiger charge is -2.37. The number of carbonyl (C=O) groups excluding carboxylic acids is 1. The van der Waals surface area contributed by atoms with Gasteiger partial charge in [-0.05, 0) is 55.7 Å². The predicted octanol–water partition coefficient (Wildman–Crippen LogP) is 5.59. The number of carboxylic acid groups (broad SMARTS) is 1. The second-order valence-electron chi connectivity index (χ2n) is 10.8. The van der Waals surface area contributed by atoms with Gasteiger partial charge in [0.15, 0.2) is 0 Å². The Kier molecular flexibility index (Phi) is 11.1. The Bertz CT molecular complexity index is 812. The van der Waals surface area contributed by atoms with Crippen LogP contribution in [0, 0.1) is 5.41 Å². The van der Waals surface area contributed by atoms with E-state index in [1.807, 2.05) is 0 Å². The van der Waals surface area contributed by atoms with Crippen LogP contribution in [0.3, 0.4) is 0 Å². The maximum Gasteiger partial charge on any atom is 0.137 e. The second-order valence-corrected chi connectivity index (χ2v) is 10.8. The van der Waals surface area contributed by atoms with Crippen LogP contribution in [0.5, 0.6) is 5.75 Å². The minimum atomic E-state index is -1.08. The van der Waals surface area contributed by atoms with Crippen LogP contribution in [0.2, 0.25) is 0 Å². The van der Waals surface area contributed by atoms with Crippen molar-refractivity contribution < 1.29 is 19.1 Å². The predicted molar refractivity (Wildman–Crippen MR) is 136 cm³/mol. The number of quaternary nitrogens is 1. The Hall–Kier alpha value is -2.33. The quantitative estimate of drug-likeness (QED) is 0.439. The monoisotopic (exact) mass is 455 g/mol. The zero-order valence-electron chi connectivity index (χ0n) is 22.1. The van der Waals surface area contributed by atoms with Crippen LogP contribution in [0.15, 0.2) is 54.6 Å². The first-order valence-corrected chi connectivity index (χ1v) is 12.1. The number of hydrogen-bond donors (Lipinski definition) is 0. The molecule has 184 valence electrons. The van der Waals surface area contributed by atoms with Crippen LogP contribution >= 0.6 is 0 Å². The molecule has 4 heteroatoms. The highest BCUT2D eigenvalue weighted by Gasteiger charge is 2.27. The molecule has 0 heterocycles. The molecule has 33 heavy (non-hydrogen) atoms. The molecule has 0 radical (unpaired) electrons. The first-order chi connectivity index (χ1) is 15.3. The van der Waals surface area contributed by atoms with E-state index in [1.165, 1.54) is 11.1 Å². The number of ether oxygens (including phenoxy) is 1. The van der Waals surface area contributed by atoms with Gasteiger partial charge in [-0.2, -0.15) is 0 Å². The van der Waals surface area contributed by atoms with Gasteiger partial charge in [-0.25, -0.2) is 0 Å². The molecule has 0 atom stereocenters. The van der Waals surface area contributed by atoms with E-state index in [1.54, 1.807) is 0 Å². The third-order valence-corrected chi connectivity index (χ3v) is 6.14. The lowest BCUT2D eigenvalue weighted by molar-refractivity contribution is -0.937. The standard InChI is InChI=1S/C27H42NO.C2H4O2/c1-8-28(9-2,21-23-13-11-10-12-14-23)19-20-29-25-17-15-24(16-18-25)27(6,7)22-26(3,4)5;1-2(3)4/h10-18H,8-9,19-22H2,1-7H3;1H3,(H,3,4)/q+1;/p-1. The van der Waals surface area contributed by atoms with Crippen molar-refractivity contribution in [2.45, 2.75) is 73.8 Å². The first kappa shape index (κ1) is 28.7. The van der Waals surface area contributed by atoms with Crippen LogP contribution in [0.4, 0.5) is 0 Å². The number of nitrogens with zero attached hydrogens (tertiary/aromatic N) is 1. The molecule has 0 aromatic heterocycles. The van der Waals surface area contributed by atoms with Crippen molar-refractivity contribution in [2.75, 3.05) is 26.2 Å². The van der Waals surface area contributed by atoms with Crippen molar-refractivity contribution in [2.24, 2.45) is 5.41 Å². The maximum atomic E-state index is 8.89. The molecule has 4 nitrogen and oxygen atoms in total. The zero-order valence-corrected chi connectivity index (χ0v) is 22.1. The smallest absolute Gasteiger partial charge is 0.137 e. The molecule has 0 saturated carbocycles. The molecule has 0 unspecified atom stereocenters. The summed E-state index contributed by atoms with van der Waals surface area (Å²) in [5, 5.41) is 8.89. The number of aliphatic carboxylic acids is 1. The summed E-state index contributed by atoms with van der Waals surface area (Å²) >= 11 is 0. The van der Waals surface area contributed by atoms with Gasteiger partial charge in [-0.15, -0.1) is 0 Å². The summed E-state index contributed by atoms with van der Waals surface area (Å²) in [4.78, 5) is 8.89. The van der Waals surface area contributed by atoms with Crippen LogP contribution in [-0.4, -0.2) is 36.7 Å². The topological polar surface area (TPSA) is 49.4 Å². The lowest BCUT2D eigenvalue weighted by Crippen LogP contribution is -2.49. The van der Waals surface area contributed by atoms with Gasteiger partial charge in [-0.3, -0.25) is 0 Å². The Balaban J connectivity index is 0.00000125. The Morgan fingerprint density at radius 2 is 1.42 bits per heavy atom. The molecule has 0 aliphatic rings. The average molecular weight is 456 g/mol. The van der Waals surface area contributed by atoms with Gasteiger partial charge in [0.1, 0.15) is 25.4 Å². The summed E-state index contributed by atoms with van der Waals surface area (Å²) in [6.45, 7) is 22.3. The number of rotatable bonds is 10. The van der Waals surface area contributed by atoms with Gasteiger partial charge in [0.05, 0.1) is 13.1 Å². The van der Waals surface area contributed by atoms with Crippen LogP contribution in [-0.2, 0) is 16.8 Å². The number of carbonyl (C=O) groups is 1. The van der Waals surface area contributed by atoms with Crippen molar-refractivity contribution in [3.05, 3.63) is 65.7 Å². The lowest BCUT2D eigenvalue weighted by atomic mass is 9.72. The summed E-state index contributed by atoms with van der Waals surface area (Å²) in [5.74, 6) is -0.106. The average Bonchev–Trinajstić information content (AvgIpc) is 2.72. The number of carboxylic acids is 1. The zero-order chi connectivity index (χ0) is 25.1. The van der Waals surface area contributed by atoms with Crippen molar-refractivity contribution >= 4 is 5.97 Å². The largest absolute Gasteiger partial charge is 0.550 e. The molecule has 0 spiro atoms. The van der Waals surface area contributed by atoms with E-state index in [9.17, 15) is 0 Å². The fourth-order valence-electron chi connectivity index (χ4n) is 4.60. The van der Waals surface area contributed by atoms with Crippen molar-refractivity contribution in [1.29, 1.82) is 0 Å². The fourth-order valence-corrected chi connectivity index (χ4v) is 4.60. The van der Waals surface area contributed by atoms with E-state index in [2.05, 4.69) is 103 Å². The van der Waals surface area contributed by atoms with E-state index < -0.39 is 5.97 Å². The minimum Gasteiger partial charge on any atom is -0.550 e. The normalized spacial score (nSPS) is 12.0. The summed E-state index contributed by atoms with van der Waals surface area (Å²) in [5.41, 5.74) is 3.28. The highest BCUT2D eigenvalue weighted by atomic mass is 16.5. The molecule has 0 amide bonds. The highest BCUT2D eigenvalue weighted by Crippen LogP contribution is 2.36. The Labute approximate surface area is 202 Å². The maximum absolute atomic E-state index is 8.89. The number of benzene rings is 2. The Morgan fingerprint density at radius 3 is 1.88 bits per heavy atom. The van der Waals surface area contributed by atoms with E-state index in [4.69, 9.17) is 14.6 Å². The van der Waals surface area contributed by atoms with Crippen LogP contribution in [0.1, 0.15) is 72.9 Å². The van der Waals surface area contributed by atoms with Crippen LogP contribution < -0.4 is 9.84 Å². The van der Waals surface area contributed by atoms with Crippen molar-refractivity contribution in [3.63, 3.8) is 0 Å². The van der Waals surface area contributed by atoms with Crippen molar-refractivity contribution in [3.8, 4) is 5.75 Å². The molecule has 0 saturated heterocycles. The summed E-state index contributed by atoms with van der Waals surface area (Å²) in [7, 11) is 0. The van der Waals surface area contributed by atoms with Gasteiger partial charge in [0, 0.05) is 11.5 Å². The summed E-state index contributed by atoms with van der Waals surface area (Å²) in [6.07, 6.45) is 1.16. The second kappa shape index (κ2) is 12.8. The Morgan fingerprint density at radius 1 is 0.909 bits per heavy atom. The molecular formula is C29H45NO3. The van der Waals surface area contributed by atoms with Gasteiger partial charge in [0.25, 0.3) is 0 Å². The number of hydrogen-bond acceptors (Lipinski definition) is 3. The minimum absolute atomic E-state index is 0.170. The molecule has 2 aromatic carbocycles. The van der Waals surface area contributed by atoms with Gasteiger partial charge in [0.2, 0.25) is 0 Å². The molecule has 0 fully saturated rings. The molecule has 0 aliphatic heterocycles.